The van der Waals surface area contributed by atoms with Crippen LogP contribution in [0.1, 0.15) is 65.7 Å². The first-order chi connectivity index (χ1) is 8.47. The maximum atomic E-state index is 12.1. The summed E-state index contributed by atoms with van der Waals surface area (Å²) in [5.41, 5.74) is 0.968. The lowest BCUT2D eigenvalue weighted by molar-refractivity contribution is -0.121. The molecule has 2 nitrogen and oxygen atoms in total. The third kappa shape index (κ3) is 3.86. The molecule has 2 aliphatic rings. The van der Waals surface area contributed by atoms with E-state index in [1.807, 2.05) is 26.8 Å². The fraction of sp³-hybridized carbons (Fsp3) is 0.812. The predicted octanol–water partition coefficient (Wildman–Crippen LogP) is 3.82. The molecule has 2 heteroatoms. The van der Waals surface area contributed by atoms with Crippen molar-refractivity contribution in [3.63, 3.8) is 0 Å². The maximum absolute atomic E-state index is 12.1. The Hall–Kier alpha value is -0.790. The molecular formula is C16H27NO. The van der Waals surface area contributed by atoms with Crippen molar-refractivity contribution < 1.29 is 4.79 Å². The summed E-state index contributed by atoms with van der Waals surface area (Å²) in [5.74, 6) is 0.894. The molecule has 2 saturated carbocycles. The first kappa shape index (κ1) is 13.6. The van der Waals surface area contributed by atoms with Crippen LogP contribution in [0.15, 0.2) is 11.8 Å². The SMILES string of the molecule is CC(C)(C)C(=O)/C=C(\NC1CCCCC1)C1CC1. The number of hydrogen-bond acceptors (Lipinski definition) is 2. The molecular weight excluding hydrogens is 222 g/mol. The Morgan fingerprint density at radius 1 is 1.06 bits per heavy atom. The lowest BCUT2D eigenvalue weighted by Crippen LogP contribution is -2.32. The first-order valence-corrected chi connectivity index (χ1v) is 7.49. The zero-order chi connectivity index (χ0) is 13.2. The van der Waals surface area contributed by atoms with Crippen molar-refractivity contribution in [2.45, 2.75) is 71.8 Å². The van der Waals surface area contributed by atoms with Crippen LogP contribution in [0.3, 0.4) is 0 Å². The lowest BCUT2D eigenvalue weighted by Gasteiger charge is -2.26. The second-order valence-corrected chi connectivity index (χ2v) is 6.97. The van der Waals surface area contributed by atoms with Crippen LogP contribution >= 0.6 is 0 Å². The van der Waals surface area contributed by atoms with Gasteiger partial charge in [0.2, 0.25) is 0 Å². The molecule has 0 aliphatic heterocycles. The van der Waals surface area contributed by atoms with Gasteiger partial charge in [-0.1, -0.05) is 40.0 Å². The van der Waals surface area contributed by atoms with Gasteiger partial charge in [-0.3, -0.25) is 4.79 Å². The van der Waals surface area contributed by atoms with E-state index in [4.69, 9.17) is 0 Å². The number of allylic oxidation sites excluding steroid dienone is 2. The Labute approximate surface area is 111 Å². The Morgan fingerprint density at radius 2 is 1.67 bits per heavy atom. The molecule has 1 N–H and O–H groups in total. The Balaban J connectivity index is 1.99. The number of ketones is 1. The van der Waals surface area contributed by atoms with Crippen molar-refractivity contribution in [3.8, 4) is 0 Å². The second-order valence-electron chi connectivity index (χ2n) is 6.97. The zero-order valence-electron chi connectivity index (χ0n) is 12.1. The van der Waals surface area contributed by atoms with Gasteiger partial charge in [0.1, 0.15) is 0 Å². The van der Waals surface area contributed by atoms with Crippen LogP contribution in [0.2, 0.25) is 0 Å². The maximum Gasteiger partial charge on any atom is 0.162 e. The van der Waals surface area contributed by atoms with E-state index in [0.717, 1.165) is 0 Å². The van der Waals surface area contributed by atoms with Gasteiger partial charge >= 0.3 is 0 Å². The Bertz CT molecular complexity index is 327. The summed E-state index contributed by atoms with van der Waals surface area (Å²) in [5, 5.41) is 3.66. The van der Waals surface area contributed by atoms with E-state index in [2.05, 4.69) is 5.32 Å². The number of carbonyl (C=O) groups is 1. The molecule has 0 aromatic rings. The van der Waals surface area contributed by atoms with Crippen molar-refractivity contribution in [1.82, 2.24) is 5.32 Å². The third-order valence-corrected chi connectivity index (χ3v) is 4.02. The van der Waals surface area contributed by atoms with E-state index < -0.39 is 0 Å². The van der Waals surface area contributed by atoms with E-state index in [1.165, 1.54) is 50.6 Å². The van der Waals surface area contributed by atoms with Gasteiger partial charge in [-0.2, -0.15) is 0 Å². The highest BCUT2D eigenvalue weighted by Crippen LogP contribution is 2.36. The lowest BCUT2D eigenvalue weighted by atomic mass is 9.89. The highest BCUT2D eigenvalue weighted by Gasteiger charge is 2.30. The van der Waals surface area contributed by atoms with E-state index >= 15 is 0 Å². The summed E-state index contributed by atoms with van der Waals surface area (Å²) in [6.45, 7) is 5.99. The van der Waals surface area contributed by atoms with E-state index in [9.17, 15) is 4.79 Å². The number of hydrogen-bond donors (Lipinski definition) is 1. The van der Waals surface area contributed by atoms with Crippen molar-refractivity contribution >= 4 is 5.78 Å². The summed E-state index contributed by atoms with van der Waals surface area (Å²) in [6.07, 6.45) is 11.0. The van der Waals surface area contributed by atoms with Crippen molar-refractivity contribution in [1.29, 1.82) is 0 Å². The number of carbonyl (C=O) groups excluding carboxylic acids is 1. The molecule has 2 rings (SSSR count). The molecule has 0 radical (unpaired) electrons. The summed E-state index contributed by atoms with van der Waals surface area (Å²) >= 11 is 0. The highest BCUT2D eigenvalue weighted by molar-refractivity contribution is 5.94. The summed E-state index contributed by atoms with van der Waals surface area (Å²) < 4.78 is 0. The topological polar surface area (TPSA) is 29.1 Å². The molecule has 0 atom stereocenters. The normalized spacial score (nSPS) is 22.9. The Morgan fingerprint density at radius 3 is 2.17 bits per heavy atom. The minimum Gasteiger partial charge on any atom is -0.385 e. The van der Waals surface area contributed by atoms with Crippen molar-refractivity contribution in [2.75, 3.05) is 0 Å². The molecule has 2 fully saturated rings. The van der Waals surface area contributed by atoms with Crippen molar-refractivity contribution in [3.05, 3.63) is 11.8 Å². The number of nitrogens with one attached hydrogen (secondary N) is 1. The van der Waals surface area contributed by atoms with Crippen LogP contribution in [0.25, 0.3) is 0 Å². The molecule has 0 amide bonds. The largest absolute Gasteiger partial charge is 0.385 e. The van der Waals surface area contributed by atoms with E-state index in [0.29, 0.717) is 12.0 Å². The van der Waals surface area contributed by atoms with Gasteiger partial charge in [0, 0.05) is 23.2 Å². The van der Waals surface area contributed by atoms with Gasteiger partial charge in [0.05, 0.1) is 0 Å². The van der Waals surface area contributed by atoms with Crippen LogP contribution in [-0.4, -0.2) is 11.8 Å². The average Bonchev–Trinajstić information content (AvgIpc) is 3.12. The van der Waals surface area contributed by atoms with Gasteiger partial charge in [-0.05, 0) is 31.6 Å². The quantitative estimate of drug-likeness (QED) is 0.767. The number of rotatable bonds is 4. The first-order valence-electron chi connectivity index (χ1n) is 7.49. The van der Waals surface area contributed by atoms with Gasteiger partial charge in [-0.15, -0.1) is 0 Å². The Kier molecular flexibility index (Phi) is 4.14. The highest BCUT2D eigenvalue weighted by atomic mass is 16.1. The van der Waals surface area contributed by atoms with Gasteiger partial charge in [-0.25, -0.2) is 0 Å². The van der Waals surface area contributed by atoms with Gasteiger partial charge in [0.25, 0.3) is 0 Å². The minimum absolute atomic E-state index is 0.256. The third-order valence-electron chi connectivity index (χ3n) is 4.02. The van der Waals surface area contributed by atoms with E-state index in [-0.39, 0.29) is 11.2 Å². The van der Waals surface area contributed by atoms with Crippen LogP contribution in [0.5, 0.6) is 0 Å². The summed E-state index contributed by atoms with van der Waals surface area (Å²) in [7, 11) is 0. The average molecular weight is 249 g/mol. The standard InChI is InChI=1S/C16H27NO/c1-16(2,3)15(18)11-14(12-9-10-12)17-13-7-5-4-6-8-13/h11-13,17H,4-10H2,1-3H3/b14-11-. The molecule has 0 saturated heterocycles. The summed E-state index contributed by atoms with van der Waals surface area (Å²) in [4.78, 5) is 12.1. The molecule has 18 heavy (non-hydrogen) atoms. The molecule has 2 aliphatic carbocycles. The summed E-state index contributed by atoms with van der Waals surface area (Å²) in [6, 6.07) is 0.610. The van der Waals surface area contributed by atoms with Crippen LogP contribution in [-0.2, 0) is 4.79 Å². The molecule has 0 unspecified atom stereocenters. The molecule has 102 valence electrons. The fourth-order valence-corrected chi connectivity index (χ4v) is 2.51. The van der Waals surface area contributed by atoms with Crippen LogP contribution in [0, 0.1) is 11.3 Å². The predicted molar refractivity (Wildman–Crippen MR) is 75.3 cm³/mol. The fourth-order valence-electron chi connectivity index (χ4n) is 2.51. The van der Waals surface area contributed by atoms with Crippen molar-refractivity contribution in [2.24, 2.45) is 11.3 Å². The van der Waals surface area contributed by atoms with Crippen LogP contribution < -0.4 is 5.32 Å². The smallest absolute Gasteiger partial charge is 0.162 e. The molecule has 0 spiro atoms. The minimum atomic E-state index is -0.256. The monoisotopic (exact) mass is 249 g/mol. The molecule has 0 aromatic heterocycles. The van der Waals surface area contributed by atoms with Crippen LogP contribution in [0.4, 0.5) is 0 Å². The van der Waals surface area contributed by atoms with Gasteiger partial charge in [0.15, 0.2) is 5.78 Å². The molecule has 0 bridgehead atoms. The van der Waals surface area contributed by atoms with Gasteiger partial charge < -0.3 is 5.32 Å². The molecule has 0 aromatic carbocycles. The zero-order valence-corrected chi connectivity index (χ0v) is 12.1. The van der Waals surface area contributed by atoms with E-state index in [1.54, 1.807) is 0 Å². The molecule has 0 heterocycles. The second kappa shape index (κ2) is 5.46.